The monoisotopic (exact) mass is 504 g/mol. The summed E-state index contributed by atoms with van der Waals surface area (Å²) in [6.07, 6.45) is 2.46. The Bertz CT molecular complexity index is 624. The summed E-state index contributed by atoms with van der Waals surface area (Å²) in [5.41, 5.74) is 5.37. The number of hydrogen-bond acceptors (Lipinski definition) is 4. The zero-order chi connectivity index (χ0) is 19.6. The number of nitrogens with one attached hydrogen (secondary N) is 1. The van der Waals surface area contributed by atoms with Gasteiger partial charge in [-0.15, -0.1) is 24.0 Å². The number of ether oxygens (including phenoxy) is 2. The maximum Gasteiger partial charge on any atom is 0.217 e. The van der Waals surface area contributed by atoms with E-state index in [1.54, 1.807) is 7.11 Å². The fourth-order valence-electron chi connectivity index (χ4n) is 3.27. The average molecular weight is 504 g/mol. The number of halogens is 1. The number of carbonyl (C=O) groups is 1. The van der Waals surface area contributed by atoms with Gasteiger partial charge >= 0.3 is 0 Å². The smallest absolute Gasteiger partial charge is 0.217 e. The number of amides is 1. The fourth-order valence-corrected chi connectivity index (χ4v) is 3.27. The van der Waals surface area contributed by atoms with Gasteiger partial charge < -0.3 is 25.4 Å². The van der Waals surface area contributed by atoms with Crippen LogP contribution in [0.5, 0.6) is 11.5 Å². The van der Waals surface area contributed by atoms with Crippen LogP contribution in [0.15, 0.2) is 29.3 Å². The minimum Gasteiger partial charge on any atom is -0.497 e. The van der Waals surface area contributed by atoms with E-state index in [0.29, 0.717) is 18.9 Å². The van der Waals surface area contributed by atoms with Gasteiger partial charge in [-0.1, -0.05) is 0 Å². The Morgan fingerprint density at radius 2 is 2.04 bits per heavy atom. The van der Waals surface area contributed by atoms with Gasteiger partial charge in [-0.25, -0.2) is 4.99 Å². The van der Waals surface area contributed by atoms with Crippen molar-refractivity contribution in [3.63, 3.8) is 0 Å². The van der Waals surface area contributed by atoms with Crippen molar-refractivity contribution in [3.05, 3.63) is 24.3 Å². The van der Waals surface area contributed by atoms with Crippen molar-refractivity contribution in [2.75, 3.05) is 33.3 Å². The van der Waals surface area contributed by atoms with E-state index in [4.69, 9.17) is 20.2 Å². The Labute approximate surface area is 185 Å². The van der Waals surface area contributed by atoms with Crippen LogP contribution in [0.2, 0.25) is 0 Å². The highest BCUT2D eigenvalue weighted by Crippen LogP contribution is 2.20. The Morgan fingerprint density at radius 3 is 2.64 bits per heavy atom. The largest absolute Gasteiger partial charge is 0.497 e. The van der Waals surface area contributed by atoms with Gasteiger partial charge in [0.25, 0.3) is 0 Å². The van der Waals surface area contributed by atoms with Gasteiger partial charge in [0.15, 0.2) is 5.96 Å². The molecule has 1 fully saturated rings. The van der Waals surface area contributed by atoms with Crippen molar-refractivity contribution in [2.45, 2.75) is 39.2 Å². The molecular formula is C20H33IN4O3. The zero-order valence-corrected chi connectivity index (χ0v) is 19.3. The summed E-state index contributed by atoms with van der Waals surface area (Å²) in [5.74, 6) is 2.54. The van der Waals surface area contributed by atoms with Crippen LogP contribution in [-0.4, -0.2) is 56.2 Å². The first-order valence-electron chi connectivity index (χ1n) is 9.64. The lowest BCUT2D eigenvalue weighted by Crippen LogP contribution is -2.47. The summed E-state index contributed by atoms with van der Waals surface area (Å²) in [5, 5.41) is 3.35. The van der Waals surface area contributed by atoms with Crippen LogP contribution >= 0.6 is 24.0 Å². The molecule has 1 aliphatic rings. The Morgan fingerprint density at radius 1 is 1.36 bits per heavy atom. The van der Waals surface area contributed by atoms with E-state index in [2.05, 4.69) is 17.1 Å². The molecule has 158 valence electrons. The minimum atomic E-state index is -0.231. The van der Waals surface area contributed by atoms with E-state index >= 15 is 0 Å². The maximum atomic E-state index is 11.2. The number of aliphatic imine (C=N–C) groups is 1. The molecule has 3 N–H and O–H groups in total. The number of nitrogens with two attached hydrogens (primary N) is 1. The second-order valence-corrected chi connectivity index (χ2v) is 6.92. The van der Waals surface area contributed by atoms with Crippen LogP contribution in [0, 0.1) is 5.92 Å². The van der Waals surface area contributed by atoms with Crippen molar-refractivity contribution < 1.29 is 14.3 Å². The van der Waals surface area contributed by atoms with Crippen LogP contribution in [0.1, 0.15) is 33.1 Å². The van der Waals surface area contributed by atoms with E-state index in [1.165, 1.54) is 0 Å². The van der Waals surface area contributed by atoms with Gasteiger partial charge in [0.1, 0.15) is 17.6 Å². The molecular weight excluding hydrogens is 471 g/mol. The predicted octanol–water partition coefficient (Wildman–Crippen LogP) is 2.63. The number of carbonyl (C=O) groups excluding carboxylic acids is 1. The van der Waals surface area contributed by atoms with Crippen molar-refractivity contribution in [1.82, 2.24) is 10.2 Å². The molecule has 0 aromatic heterocycles. The first-order chi connectivity index (χ1) is 13.0. The van der Waals surface area contributed by atoms with Crippen LogP contribution in [-0.2, 0) is 4.79 Å². The Balaban J connectivity index is 0.00000392. The predicted molar refractivity (Wildman–Crippen MR) is 123 cm³/mol. The van der Waals surface area contributed by atoms with Gasteiger partial charge in [-0.3, -0.25) is 4.79 Å². The van der Waals surface area contributed by atoms with Gasteiger partial charge in [-0.2, -0.15) is 0 Å². The maximum absolute atomic E-state index is 11.2. The SMILES string of the molecule is CCNC(=NCC(C)Oc1ccc(OC)cc1)N1CCCC(CC(N)=O)C1.I. The van der Waals surface area contributed by atoms with Gasteiger partial charge in [0.2, 0.25) is 5.91 Å². The van der Waals surface area contributed by atoms with Crippen molar-refractivity contribution in [3.8, 4) is 11.5 Å². The van der Waals surface area contributed by atoms with Crippen molar-refractivity contribution >= 4 is 35.8 Å². The molecule has 28 heavy (non-hydrogen) atoms. The number of benzene rings is 1. The van der Waals surface area contributed by atoms with E-state index in [9.17, 15) is 4.79 Å². The highest BCUT2D eigenvalue weighted by atomic mass is 127. The third-order valence-corrected chi connectivity index (χ3v) is 4.54. The number of hydrogen-bond donors (Lipinski definition) is 2. The molecule has 1 aromatic carbocycles. The van der Waals surface area contributed by atoms with E-state index in [-0.39, 0.29) is 36.0 Å². The lowest BCUT2D eigenvalue weighted by Gasteiger charge is -2.34. The molecule has 1 saturated heterocycles. The molecule has 0 saturated carbocycles. The van der Waals surface area contributed by atoms with E-state index < -0.39 is 0 Å². The molecule has 1 aromatic rings. The molecule has 2 rings (SSSR count). The molecule has 1 heterocycles. The Kier molecular flexibility index (Phi) is 11.0. The third kappa shape index (κ3) is 8.12. The number of piperidine rings is 1. The fraction of sp³-hybridized carbons (Fsp3) is 0.600. The number of rotatable bonds is 8. The summed E-state index contributed by atoms with van der Waals surface area (Å²) >= 11 is 0. The van der Waals surface area contributed by atoms with E-state index in [1.807, 2.05) is 31.2 Å². The minimum absolute atomic E-state index is 0. The number of primary amides is 1. The molecule has 0 radical (unpaired) electrons. The quantitative estimate of drug-likeness (QED) is 0.323. The lowest BCUT2D eigenvalue weighted by molar-refractivity contribution is -0.119. The highest BCUT2D eigenvalue weighted by molar-refractivity contribution is 14.0. The van der Waals surface area contributed by atoms with Crippen molar-refractivity contribution in [2.24, 2.45) is 16.6 Å². The molecule has 0 bridgehead atoms. The number of nitrogens with zero attached hydrogens (tertiary/aromatic N) is 2. The second-order valence-electron chi connectivity index (χ2n) is 6.92. The molecule has 1 amide bonds. The standard InChI is InChI=1S/C20H32N4O3.HI/c1-4-22-20(24-11-5-6-16(14-24)12-19(21)25)23-13-15(2)27-18-9-7-17(26-3)8-10-18;/h7-10,15-16H,4-6,11-14H2,1-3H3,(H2,21,25)(H,22,23);1H. The highest BCUT2D eigenvalue weighted by Gasteiger charge is 2.23. The number of likely N-dealkylation sites (tertiary alicyclic amines) is 1. The Hall–Kier alpha value is -1.71. The van der Waals surface area contributed by atoms with Gasteiger partial charge in [-0.05, 0) is 56.9 Å². The first-order valence-corrected chi connectivity index (χ1v) is 9.64. The van der Waals surface area contributed by atoms with Crippen molar-refractivity contribution in [1.29, 1.82) is 0 Å². The van der Waals surface area contributed by atoms with Crippen LogP contribution in [0.25, 0.3) is 0 Å². The lowest BCUT2D eigenvalue weighted by atomic mass is 9.95. The van der Waals surface area contributed by atoms with E-state index in [0.717, 1.165) is 49.9 Å². The zero-order valence-electron chi connectivity index (χ0n) is 17.0. The average Bonchev–Trinajstić information content (AvgIpc) is 2.65. The topological polar surface area (TPSA) is 89.2 Å². The first kappa shape index (κ1) is 24.3. The van der Waals surface area contributed by atoms with Crippen LogP contribution < -0.4 is 20.5 Å². The molecule has 7 nitrogen and oxygen atoms in total. The number of methoxy groups -OCH3 is 1. The van der Waals surface area contributed by atoms with Crippen LogP contribution in [0.4, 0.5) is 0 Å². The molecule has 2 atom stereocenters. The van der Waals surface area contributed by atoms with Gasteiger partial charge in [0.05, 0.1) is 13.7 Å². The summed E-state index contributed by atoms with van der Waals surface area (Å²) < 4.78 is 11.1. The second kappa shape index (κ2) is 12.7. The molecule has 2 unspecified atom stereocenters. The third-order valence-electron chi connectivity index (χ3n) is 4.54. The summed E-state index contributed by atoms with van der Waals surface area (Å²) in [6, 6.07) is 7.54. The summed E-state index contributed by atoms with van der Waals surface area (Å²) in [4.78, 5) is 18.2. The number of guanidine groups is 1. The normalized spacial score (nSPS) is 18.0. The van der Waals surface area contributed by atoms with Gasteiger partial charge in [0, 0.05) is 26.1 Å². The van der Waals surface area contributed by atoms with Crippen LogP contribution in [0.3, 0.4) is 0 Å². The summed E-state index contributed by atoms with van der Waals surface area (Å²) in [7, 11) is 1.64. The molecule has 1 aliphatic heterocycles. The summed E-state index contributed by atoms with van der Waals surface area (Å²) in [6.45, 7) is 7.15. The molecule has 8 heteroatoms. The molecule has 0 aliphatic carbocycles. The molecule has 0 spiro atoms.